The largest absolute Gasteiger partial charge is 0.327 e. The van der Waals surface area contributed by atoms with E-state index in [0.717, 1.165) is 24.8 Å². The van der Waals surface area contributed by atoms with Gasteiger partial charge in [0.25, 0.3) is 5.91 Å². The van der Waals surface area contributed by atoms with Crippen LogP contribution in [0.4, 0.5) is 0 Å². The molecule has 1 aliphatic rings. The summed E-state index contributed by atoms with van der Waals surface area (Å²) in [6.07, 6.45) is 4.47. The zero-order valence-corrected chi connectivity index (χ0v) is 18.5. The first kappa shape index (κ1) is 24.2. The summed E-state index contributed by atoms with van der Waals surface area (Å²) in [6, 6.07) is 9.33. The first-order valence-corrected chi connectivity index (χ1v) is 10.6. The predicted molar refractivity (Wildman–Crippen MR) is 117 cm³/mol. The molecule has 1 fully saturated rings. The highest BCUT2D eigenvalue weighted by Crippen LogP contribution is 2.26. The molecule has 0 aromatic heterocycles. The number of nitriles is 2. The minimum absolute atomic E-state index is 0.107. The third kappa shape index (κ3) is 6.45. The number of nitrogens with two attached hydrogens (primary N) is 1. The topological polar surface area (TPSA) is 126 Å². The van der Waals surface area contributed by atoms with Gasteiger partial charge >= 0.3 is 0 Å². The molecule has 1 saturated heterocycles. The normalized spacial score (nSPS) is 18.6. The Balaban J connectivity index is 2.26. The SMILES string of the molecule is CCCCC1CN(CC(=O)NC(C#N)C#N)C(=O)/C(=C/C(C)c2ccc(Cl)cc2)N1N. The molecule has 31 heavy (non-hydrogen) atoms. The van der Waals surface area contributed by atoms with Gasteiger partial charge in [-0.2, -0.15) is 10.5 Å². The van der Waals surface area contributed by atoms with Crippen LogP contribution in [-0.4, -0.2) is 46.9 Å². The summed E-state index contributed by atoms with van der Waals surface area (Å²) in [6.45, 7) is 4.07. The van der Waals surface area contributed by atoms with Crippen molar-refractivity contribution >= 4 is 23.4 Å². The number of halogens is 1. The maximum Gasteiger partial charge on any atom is 0.271 e. The molecule has 164 valence electrons. The summed E-state index contributed by atoms with van der Waals surface area (Å²) in [4.78, 5) is 26.8. The van der Waals surface area contributed by atoms with Crippen LogP contribution < -0.4 is 11.2 Å². The number of hydrogen-bond acceptors (Lipinski definition) is 6. The molecule has 3 N–H and O–H groups in total. The molecule has 0 spiro atoms. The Morgan fingerprint density at radius 1 is 1.35 bits per heavy atom. The molecule has 2 rings (SSSR count). The number of unbranched alkanes of at least 4 members (excludes halogenated alkanes) is 1. The van der Waals surface area contributed by atoms with E-state index < -0.39 is 11.9 Å². The number of hydrazine groups is 1. The maximum atomic E-state index is 13.1. The van der Waals surface area contributed by atoms with Crippen molar-refractivity contribution in [3.8, 4) is 12.1 Å². The van der Waals surface area contributed by atoms with Gasteiger partial charge in [0, 0.05) is 17.5 Å². The van der Waals surface area contributed by atoms with E-state index >= 15 is 0 Å². The Morgan fingerprint density at radius 3 is 2.58 bits per heavy atom. The van der Waals surface area contributed by atoms with Crippen molar-refractivity contribution in [2.75, 3.05) is 13.1 Å². The van der Waals surface area contributed by atoms with E-state index in [4.69, 9.17) is 28.0 Å². The standard InChI is InChI=1S/C22H27ClN6O2/c1-3-4-5-19-13-28(14-21(30)27-18(11-24)12-25)22(31)20(29(19)26)10-15(2)16-6-8-17(23)9-7-16/h6-10,15,18-19H,3-5,13-14,26H2,1-2H3,(H,27,30)/b20-10-. The summed E-state index contributed by atoms with van der Waals surface area (Å²) >= 11 is 5.96. The smallest absolute Gasteiger partial charge is 0.271 e. The van der Waals surface area contributed by atoms with Crippen LogP contribution in [0.2, 0.25) is 5.02 Å². The van der Waals surface area contributed by atoms with E-state index in [1.54, 1.807) is 30.3 Å². The molecule has 1 heterocycles. The predicted octanol–water partition coefficient (Wildman–Crippen LogP) is 2.44. The lowest BCUT2D eigenvalue weighted by Crippen LogP contribution is -2.59. The third-order valence-corrected chi connectivity index (χ3v) is 5.45. The van der Waals surface area contributed by atoms with Gasteiger partial charge in [0.05, 0.1) is 6.04 Å². The van der Waals surface area contributed by atoms with Gasteiger partial charge in [0.1, 0.15) is 24.4 Å². The fraction of sp³-hybridized carbons (Fsp3) is 0.455. The number of nitrogens with one attached hydrogen (secondary N) is 1. The first-order valence-electron chi connectivity index (χ1n) is 10.2. The number of allylic oxidation sites excluding steroid dienone is 1. The molecule has 9 heteroatoms. The molecule has 2 unspecified atom stereocenters. The van der Waals surface area contributed by atoms with Crippen LogP contribution in [-0.2, 0) is 9.59 Å². The van der Waals surface area contributed by atoms with Crippen LogP contribution >= 0.6 is 11.6 Å². The quantitative estimate of drug-likeness (QED) is 0.470. The lowest BCUT2D eigenvalue weighted by molar-refractivity contribution is -0.138. The van der Waals surface area contributed by atoms with Gasteiger partial charge in [-0.05, 0) is 30.2 Å². The van der Waals surface area contributed by atoms with E-state index in [1.807, 2.05) is 19.1 Å². The van der Waals surface area contributed by atoms with Crippen molar-refractivity contribution in [1.29, 1.82) is 10.5 Å². The van der Waals surface area contributed by atoms with Gasteiger partial charge in [-0.15, -0.1) is 0 Å². The summed E-state index contributed by atoms with van der Waals surface area (Å²) < 4.78 is 0. The zero-order valence-electron chi connectivity index (χ0n) is 17.7. The molecule has 0 bridgehead atoms. The van der Waals surface area contributed by atoms with E-state index in [2.05, 4.69) is 12.2 Å². The molecule has 2 amide bonds. The summed E-state index contributed by atoms with van der Waals surface area (Å²) in [5.41, 5.74) is 1.30. The minimum Gasteiger partial charge on any atom is -0.327 e. The Labute approximate surface area is 187 Å². The van der Waals surface area contributed by atoms with Crippen LogP contribution in [0.15, 0.2) is 36.0 Å². The second kappa shape index (κ2) is 11.4. The first-order chi connectivity index (χ1) is 14.8. The lowest BCUT2D eigenvalue weighted by Gasteiger charge is -2.41. The van der Waals surface area contributed by atoms with Crippen molar-refractivity contribution in [1.82, 2.24) is 15.2 Å². The van der Waals surface area contributed by atoms with Crippen molar-refractivity contribution < 1.29 is 9.59 Å². The number of benzene rings is 1. The van der Waals surface area contributed by atoms with Gasteiger partial charge < -0.3 is 15.2 Å². The number of hydrogen-bond donors (Lipinski definition) is 2. The average molecular weight is 443 g/mol. The fourth-order valence-electron chi connectivity index (χ4n) is 3.43. The number of amides is 2. The molecule has 2 atom stereocenters. The number of rotatable bonds is 8. The number of nitrogens with zero attached hydrogens (tertiary/aromatic N) is 4. The second-order valence-corrected chi connectivity index (χ2v) is 7.98. The van der Waals surface area contributed by atoms with E-state index in [0.29, 0.717) is 17.3 Å². The molecule has 8 nitrogen and oxygen atoms in total. The van der Waals surface area contributed by atoms with Gasteiger partial charge in [-0.25, -0.2) is 5.84 Å². The maximum absolute atomic E-state index is 13.1. The van der Waals surface area contributed by atoms with Gasteiger partial charge in [-0.1, -0.05) is 50.4 Å². The van der Waals surface area contributed by atoms with Gasteiger partial charge in [0.2, 0.25) is 11.9 Å². The Morgan fingerprint density at radius 2 is 2.00 bits per heavy atom. The van der Waals surface area contributed by atoms with Crippen LogP contribution in [0.5, 0.6) is 0 Å². The highest BCUT2D eigenvalue weighted by Gasteiger charge is 2.35. The van der Waals surface area contributed by atoms with E-state index in [9.17, 15) is 9.59 Å². The number of carbonyl (C=O) groups excluding carboxylic acids is 2. The molecule has 0 aliphatic carbocycles. The lowest BCUT2D eigenvalue weighted by atomic mass is 9.97. The van der Waals surface area contributed by atoms with Gasteiger partial charge in [-0.3, -0.25) is 9.59 Å². The molecule has 1 aromatic carbocycles. The monoisotopic (exact) mass is 442 g/mol. The van der Waals surface area contributed by atoms with Crippen molar-refractivity contribution in [3.63, 3.8) is 0 Å². The Hall–Kier alpha value is -3.07. The van der Waals surface area contributed by atoms with Crippen LogP contribution in [0.25, 0.3) is 0 Å². The van der Waals surface area contributed by atoms with Crippen molar-refractivity contribution in [3.05, 3.63) is 46.6 Å². The fourth-order valence-corrected chi connectivity index (χ4v) is 3.56. The zero-order chi connectivity index (χ0) is 23.0. The highest BCUT2D eigenvalue weighted by atomic mass is 35.5. The third-order valence-electron chi connectivity index (χ3n) is 5.20. The van der Waals surface area contributed by atoms with Crippen LogP contribution in [0, 0.1) is 22.7 Å². The summed E-state index contributed by atoms with van der Waals surface area (Å²) in [7, 11) is 0. The second-order valence-electron chi connectivity index (χ2n) is 7.54. The van der Waals surface area contributed by atoms with Crippen molar-refractivity contribution in [2.45, 2.75) is 51.1 Å². The van der Waals surface area contributed by atoms with Crippen LogP contribution in [0.3, 0.4) is 0 Å². The van der Waals surface area contributed by atoms with E-state index in [-0.39, 0.29) is 24.4 Å². The van der Waals surface area contributed by atoms with E-state index in [1.165, 1.54) is 9.91 Å². The van der Waals surface area contributed by atoms with Crippen LogP contribution in [0.1, 0.15) is 44.6 Å². The molecule has 1 aromatic rings. The summed E-state index contributed by atoms with van der Waals surface area (Å²) in [5, 5.41) is 22.2. The number of carbonyl (C=O) groups is 2. The molecule has 1 aliphatic heterocycles. The molecule has 0 radical (unpaired) electrons. The molecular weight excluding hydrogens is 416 g/mol. The molecule has 0 saturated carbocycles. The highest BCUT2D eigenvalue weighted by molar-refractivity contribution is 6.30. The summed E-state index contributed by atoms with van der Waals surface area (Å²) in [5.74, 6) is 5.30. The average Bonchev–Trinajstić information content (AvgIpc) is 2.76. The minimum atomic E-state index is -1.26. The Bertz CT molecular complexity index is 888. The van der Waals surface area contributed by atoms with Gasteiger partial charge in [0.15, 0.2) is 0 Å². The van der Waals surface area contributed by atoms with Crippen molar-refractivity contribution in [2.24, 2.45) is 5.84 Å². The molecular formula is C22H27ClN6O2. The number of piperazine rings is 1. The Kier molecular flexibility index (Phi) is 8.87.